The van der Waals surface area contributed by atoms with Gasteiger partial charge in [0.25, 0.3) is 0 Å². The molecule has 0 radical (unpaired) electrons. The van der Waals surface area contributed by atoms with Crippen molar-refractivity contribution in [3.05, 3.63) is 35.9 Å². The molecule has 134 valence electrons. The lowest BCUT2D eigenvalue weighted by Crippen LogP contribution is -2.56. The minimum atomic E-state index is -1.00. The van der Waals surface area contributed by atoms with Crippen molar-refractivity contribution >= 4 is 12.0 Å². The first-order chi connectivity index (χ1) is 11.2. The molecule has 0 aliphatic rings. The van der Waals surface area contributed by atoms with Crippen molar-refractivity contribution in [2.45, 2.75) is 51.4 Å². The third-order valence-corrected chi connectivity index (χ3v) is 3.20. The molecule has 0 bridgehead atoms. The smallest absolute Gasteiger partial charge is 0.418 e. The van der Waals surface area contributed by atoms with E-state index in [1.165, 1.54) is 0 Å². The van der Waals surface area contributed by atoms with Gasteiger partial charge in [-0.2, -0.15) is 0 Å². The molecule has 0 saturated carbocycles. The molecule has 1 aromatic rings. The van der Waals surface area contributed by atoms with Gasteiger partial charge in [0, 0.05) is 13.0 Å². The number of nitrogens with two attached hydrogens (primary N) is 2. The van der Waals surface area contributed by atoms with Crippen molar-refractivity contribution in [1.29, 1.82) is 0 Å². The molecule has 0 fully saturated rings. The van der Waals surface area contributed by atoms with Gasteiger partial charge in [-0.3, -0.25) is 4.79 Å². The number of amides is 2. The summed E-state index contributed by atoms with van der Waals surface area (Å²) in [6.45, 7) is 4.81. The van der Waals surface area contributed by atoms with E-state index in [1.54, 1.807) is 20.8 Å². The van der Waals surface area contributed by atoms with Gasteiger partial charge < -0.3 is 21.3 Å². The molecule has 0 heterocycles. The Bertz CT molecular complexity index is 543. The van der Waals surface area contributed by atoms with Gasteiger partial charge in [-0.1, -0.05) is 30.3 Å². The highest BCUT2D eigenvalue weighted by Gasteiger charge is 2.34. The van der Waals surface area contributed by atoms with Crippen LogP contribution in [0.4, 0.5) is 4.79 Å². The molecule has 0 aromatic heterocycles. The second-order valence-electron chi connectivity index (χ2n) is 6.56. The molecule has 1 aromatic carbocycles. The summed E-state index contributed by atoms with van der Waals surface area (Å²) in [5.74, 6) is -0.631. The van der Waals surface area contributed by atoms with Gasteiger partial charge >= 0.3 is 6.09 Å². The van der Waals surface area contributed by atoms with Crippen LogP contribution in [0.3, 0.4) is 0 Å². The topological polar surface area (TPSA) is 119 Å². The standard InChI is InChI=1S/C17H27N3O4/c1-17(2,3)24-16(23)20(14(19)9-10-21)15(22)13(18)11-12-7-5-4-6-8-12/h4-8,13-14,21H,9-11,18-19H2,1-3H3/t13-,14+/m0/s1. The summed E-state index contributed by atoms with van der Waals surface area (Å²) >= 11 is 0. The van der Waals surface area contributed by atoms with E-state index in [4.69, 9.17) is 21.3 Å². The fraction of sp³-hybridized carbons (Fsp3) is 0.529. The Balaban J connectivity index is 2.91. The number of carbonyl (C=O) groups excluding carboxylic acids is 2. The molecule has 7 heteroatoms. The van der Waals surface area contributed by atoms with Crippen molar-refractivity contribution in [1.82, 2.24) is 4.90 Å². The van der Waals surface area contributed by atoms with Gasteiger partial charge in [0.15, 0.2) is 0 Å². The number of carbonyl (C=O) groups is 2. The fourth-order valence-electron chi connectivity index (χ4n) is 2.10. The first-order valence-electron chi connectivity index (χ1n) is 7.87. The zero-order valence-electron chi connectivity index (χ0n) is 14.4. The molecule has 2 atom stereocenters. The van der Waals surface area contributed by atoms with Crippen molar-refractivity contribution in [2.24, 2.45) is 11.5 Å². The van der Waals surface area contributed by atoms with Crippen molar-refractivity contribution in [3.63, 3.8) is 0 Å². The molecule has 1 rings (SSSR count). The normalized spacial score (nSPS) is 13.9. The lowest BCUT2D eigenvalue weighted by Gasteiger charge is -2.31. The van der Waals surface area contributed by atoms with Crippen molar-refractivity contribution in [2.75, 3.05) is 6.61 Å². The first kappa shape index (κ1) is 20.1. The van der Waals surface area contributed by atoms with Crippen LogP contribution in [0.2, 0.25) is 0 Å². The minimum absolute atomic E-state index is 0.0447. The summed E-state index contributed by atoms with van der Waals surface area (Å²) < 4.78 is 5.24. The molecular weight excluding hydrogens is 310 g/mol. The van der Waals surface area contributed by atoms with Crippen LogP contribution in [0.5, 0.6) is 0 Å². The number of hydrogen-bond donors (Lipinski definition) is 3. The minimum Gasteiger partial charge on any atom is -0.443 e. The number of nitrogens with zero attached hydrogens (tertiary/aromatic N) is 1. The van der Waals surface area contributed by atoms with E-state index in [0.29, 0.717) is 0 Å². The largest absolute Gasteiger partial charge is 0.443 e. The van der Waals surface area contributed by atoms with Crippen LogP contribution in [0.1, 0.15) is 32.8 Å². The molecule has 7 nitrogen and oxygen atoms in total. The van der Waals surface area contributed by atoms with Crippen LogP contribution in [0.15, 0.2) is 30.3 Å². The molecule has 2 amide bonds. The predicted octanol–water partition coefficient (Wildman–Crippen LogP) is 0.987. The van der Waals surface area contributed by atoms with E-state index in [9.17, 15) is 9.59 Å². The average molecular weight is 337 g/mol. The highest BCUT2D eigenvalue weighted by Crippen LogP contribution is 2.14. The van der Waals surface area contributed by atoms with Crippen molar-refractivity contribution in [3.8, 4) is 0 Å². The Morgan fingerprint density at radius 1 is 1.21 bits per heavy atom. The second-order valence-corrected chi connectivity index (χ2v) is 6.56. The molecule has 5 N–H and O–H groups in total. The summed E-state index contributed by atoms with van der Waals surface area (Å²) in [5, 5.41) is 9.05. The molecule has 0 unspecified atom stereocenters. The molecule has 0 aliphatic carbocycles. The van der Waals surface area contributed by atoms with Crippen molar-refractivity contribution < 1.29 is 19.4 Å². The van der Waals surface area contributed by atoms with Crippen LogP contribution in [-0.2, 0) is 16.0 Å². The maximum absolute atomic E-state index is 12.6. The molecule has 0 saturated heterocycles. The quantitative estimate of drug-likeness (QED) is 0.666. The summed E-state index contributed by atoms with van der Waals surface area (Å²) in [4.78, 5) is 25.8. The lowest BCUT2D eigenvalue weighted by molar-refractivity contribution is -0.134. The molecule has 24 heavy (non-hydrogen) atoms. The van der Waals surface area contributed by atoms with Gasteiger partial charge in [0.1, 0.15) is 5.60 Å². The zero-order valence-corrected chi connectivity index (χ0v) is 14.4. The van der Waals surface area contributed by atoms with Crippen LogP contribution >= 0.6 is 0 Å². The van der Waals surface area contributed by atoms with Gasteiger partial charge in [0.05, 0.1) is 12.2 Å². The fourth-order valence-corrected chi connectivity index (χ4v) is 2.10. The second kappa shape index (κ2) is 8.77. The third kappa shape index (κ3) is 6.27. The molecule has 0 aliphatic heterocycles. The maximum Gasteiger partial charge on any atom is 0.418 e. The van der Waals surface area contributed by atoms with E-state index < -0.39 is 29.8 Å². The predicted molar refractivity (Wildman–Crippen MR) is 90.9 cm³/mol. The highest BCUT2D eigenvalue weighted by molar-refractivity contribution is 5.95. The van der Waals surface area contributed by atoms with E-state index in [1.807, 2.05) is 30.3 Å². The Kier molecular flexibility index (Phi) is 7.34. The van der Waals surface area contributed by atoms with E-state index in [2.05, 4.69) is 0 Å². The zero-order chi connectivity index (χ0) is 18.3. The molecule has 0 spiro atoms. The summed E-state index contributed by atoms with van der Waals surface area (Å²) in [5.41, 5.74) is 11.9. The van der Waals surface area contributed by atoms with Gasteiger partial charge in [-0.25, -0.2) is 9.69 Å². The SMILES string of the molecule is CC(C)(C)OC(=O)N(C(=O)[C@@H](N)Cc1ccccc1)[C@@H](N)CCO. The number of benzene rings is 1. The number of imide groups is 1. The first-order valence-corrected chi connectivity index (χ1v) is 7.87. The van der Waals surface area contributed by atoms with E-state index in [-0.39, 0.29) is 19.4 Å². The summed E-state index contributed by atoms with van der Waals surface area (Å²) in [7, 11) is 0. The van der Waals surface area contributed by atoms with Crippen LogP contribution in [0.25, 0.3) is 0 Å². The van der Waals surface area contributed by atoms with Gasteiger partial charge in [0.2, 0.25) is 5.91 Å². The number of ether oxygens (including phenoxy) is 1. The monoisotopic (exact) mass is 337 g/mol. The summed E-state index contributed by atoms with van der Waals surface area (Å²) in [6, 6.07) is 8.30. The van der Waals surface area contributed by atoms with E-state index >= 15 is 0 Å². The van der Waals surface area contributed by atoms with Gasteiger partial charge in [-0.05, 0) is 32.8 Å². The third-order valence-electron chi connectivity index (χ3n) is 3.20. The average Bonchev–Trinajstić information content (AvgIpc) is 2.46. The van der Waals surface area contributed by atoms with Crippen LogP contribution < -0.4 is 11.5 Å². The lowest BCUT2D eigenvalue weighted by atomic mass is 10.1. The Labute approximate surface area is 142 Å². The molecular formula is C17H27N3O4. The number of rotatable bonds is 6. The van der Waals surface area contributed by atoms with Crippen LogP contribution in [0, 0.1) is 0 Å². The van der Waals surface area contributed by atoms with Crippen LogP contribution in [-0.4, -0.2) is 46.4 Å². The maximum atomic E-state index is 12.6. The Morgan fingerprint density at radius 2 is 1.79 bits per heavy atom. The summed E-state index contributed by atoms with van der Waals surface area (Å²) in [6.07, 6.45) is -1.55. The Hall–Kier alpha value is -1.96. The number of aliphatic hydroxyl groups excluding tert-OH is 1. The van der Waals surface area contributed by atoms with E-state index in [0.717, 1.165) is 10.5 Å². The number of aliphatic hydroxyl groups is 1. The highest BCUT2D eigenvalue weighted by atomic mass is 16.6. The Morgan fingerprint density at radius 3 is 2.29 bits per heavy atom. The number of hydrogen-bond acceptors (Lipinski definition) is 6. The van der Waals surface area contributed by atoms with Gasteiger partial charge in [-0.15, -0.1) is 0 Å².